The highest BCUT2D eigenvalue weighted by molar-refractivity contribution is 9.10. The van der Waals surface area contributed by atoms with E-state index in [4.69, 9.17) is 9.47 Å². The van der Waals surface area contributed by atoms with Crippen LogP contribution in [0, 0.1) is 0 Å². The summed E-state index contributed by atoms with van der Waals surface area (Å²) in [4.78, 5) is 25.4. The Labute approximate surface area is 146 Å². The third-order valence-electron chi connectivity index (χ3n) is 3.43. The number of cyclic esters (lactones) is 1. The van der Waals surface area contributed by atoms with Crippen LogP contribution >= 0.6 is 27.7 Å². The van der Waals surface area contributed by atoms with Gasteiger partial charge in [-0.2, -0.15) is 0 Å². The highest BCUT2D eigenvalue weighted by atomic mass is 79.9. The minimum absolute atomic E-state index is 0.108. The van der Waals surface area contributed by atoms with Gasteiger partial charge in [0.2, 0.25) is 0 Å². The molecule has 1 unspecified atom stereocenters. The Morgan fingerprint density at radius 1 is 1.30 bits per heavy atom. The van der Waals surface area contributed by atoms with Crippen molar-refractivity contribution in [3.63, 3.8) is 0 Å². The van der Waals surface area contributed by atoms with Crippen LogP contribution in [0.5, 0.6) is 5.75 Å². The number of halogens is 1. The number of hydrogen-bond donors (Lipinski definition) is 0. The average molecular weight is 393 g/mol. The number of ketones is 1. The lowest BCUT2D eigenvalue weighted by atomic mass is 10.1. The molecule has 0 aromatic heterocycles. The van der Waals surface area contributed by atoms with Crippen molar-refractivity contribution in [2.24, 2.45) is 0 Å². The molecule has 1 heterocycles. The van der Waals surface area contributed by atoms with Crippen LogP contribution in [0.1, 0.15) is 27.1 Å². The molecule has 118 valence electrons. The molecule has 4 nitrogen and oxygen atoms in total. The van der Waals surface area contributed by atoms with E-state index < -0.39 is 5.44 Å². The van der Waals surface area contributed by atoms with Gasteiger partial charge in [0.25, 0.3) is 0 Å². The van der Waals surface area contributed by atoms with Gasteiger partial charge in [-0.05, 0) is 30.3 Å². The molecule has 0 aliphatic carbocycles. The molecule has 1 aliphatic heterocycles. The van der Waals surface area contributed by atoms with Crippen molar-refractivity contribution >= 4 is 39.4 Å². The number of Topliss-reactive ketones (excluding diaryl/α,β-unsaturated/α-hetero) is 1. The first kappa shape index (κ1) is 16.1. The molecular formula is C17H13BrO4S. The molecule has 3 rings (SSSR count). The Morgan fingerprint density at radius 2 is 2.09 bits per heavy atom. The van der Waals surface area contributed by atoms with Gasteiger partial charge in [-0.1, -0.05) is 39.8 Å². The Balaban J connectivity index is 1.78. The van der Waals surface area contributed by atoms with Gasteiger partial charge in [0.15, 0.2) is 11.2 Å². The zero-order valence-electron chi connectivity index (χ0n) is 12.2. The molecule has 0 saturated heterocycles. The Kier molecular flexibility index (Phi) is 4.73. The van der Waals surface area contributed by atoms with E-state index in [1.165, 1.54) is 11.8 Å². The molecule has 23 heavy (non-hydrogen) atoms. The van der Waals surface area contributed by atoms with E-state index in [9.17, 15) is 9.59 Å². The zero-order chi connectivity index (χ0) is 16.4. The predicted molar refractivity (Wildman–Crippen MR) is 91.1 cm³/mol. The summed E-state index contributed by atoms with van der Waals surface area (Å²) < 4.78 is 11.2. The summed E-state index contributed by atoms with van der Waals surface area (Å²) in [6, 6.07) is 12.5. The van der Waals surface area contributed by atoms with E-state index in [0.717, 1.165) is 4.90 Å². The maximum absolute atomic E-state index is 12.5. The van der Waals surface area contributed by atoms with Crippen molar-refractivity contribution in [3.05, 3.63) is 58.1 Å². The normalized spacial score (nSPS) is 16.4. The summed E-state index contributed by atoms with van der Waals surface area (Å²) in [5, 5.41) is 0. The Hall–Kier alpha value is -1.79. The summed E-state index contributed by atoms with van der Waals surface area (Å²) in [5.41, 5.74) is 0.534. The fourth-order valence-corrected chi connectivity index (χ4v) is 3.83. The molecule has 6 heteroatoms. The fourth-order valence-electron chi connectivity index (χ4n) is 2.28. The quantitative estimate of drug-likeness (QED) is 0.572. The standard InChI is InChI=1S/C17H13BrO4S/c1-21-10-6-7-13(18)12(8-10)14(19)9-16-22-17(20)11-4-2-3-5-15(11)23-16/h2-8,16H,9H2,1H3. The number of benzene rings is 2. The van der Waals surface area contributed by atoms with Crippen LogP contribution in [0.25, 0.3) is 0 Å². The van der Waals surface area contributed by atoms with E-state index in [2.05, 4.69) is 15.9 Å². The number of hydrogen-bond acceptors (Lipinski definition) is 5. The lowest BCUT2D eigenvalue weighted by Gasteiger charge is -2.23. The van der Waals surface area contributed by atoms with Gasteiger partial charge in [-0.15, -0.1) is 0 Å². The molecule has 0 radical (unpaired) electrons. The molecule has 0 fully saturated rings. The van der Waals surface area contributed by atoms with Crippen LogP contribution in [-0.2, 0) is 4.74 Å². The van der Waals surface area contributed by atoms with E-state index in [0.29, 0.717) is 21.3 Å². The van der Waals surface area contributed by atoms with Crippen molar-refractivity contribution < 1.29 is 19.1 Å². The number of esters is 1. The summed E-state index contributed by atoms with van der Waals surface area (Å²) in [6.07, 6.45) is 0.108. The van der Waals surface area contributed by atoms with Crippen molar-refractivity contribution in [2.45, 2.75) is 16.8 Å². The molecule has 0 saturated carbocycles. The van der Waals surface area contributed by atoms with E-state index in [1.54, 1.807) is 37.4 Å². The first-order valence-electron chi connectivity index (χ1n) is 6.92. The van der Waals surface area contributed by atoms with Gasteiger partial charge in [-0.25, -0.2) is 4.79 Å². The summed E-state index contributed by atoms with van der Waals surface area (Å²) in [6.45, 7) is 0. The van der Waals surface area contributed by atoms with Gasteiger partial charge in [0.1, 0.15) is 5.75 Å². The largest absolute Gasteiger partial charge is 0.497 e. The van der Waals surface area contributed by atoms with Crippen LogP contribution in [0.2, 0.25) is 0 Å². The number of thioether (sulfide) groups is 1. The number of fused-ring (bicyclic) bond motifs is 1. The van der Waals surface area contributed by atoms with Crippen molar-refractivity contribution in [3.8, 4) is 5.75 Å². The van der Waals surface area contributed by atoms with Crippen LogP contribution in [0.3, 0.4) is 0 Å². The van der Waals surface area contributed by atoms with Gasteiger partial charge in [0, 0.05) is 14.9 Å². The van der Waals surface area contributed by atoms with E-state index in [1.807, 2.05) is 12.1 Å². The zero-order valence-corrected chi connectivity index (χ0v) is 14.6. The maximum Gasteiger partial charge on any atom is 0.340 e. The number of carbonyl (C=O) groups is 2. The minimum Gasteiger partial charge on any atom is -0.497 e. The topological polar surface area (TPSA) is 52.6 Å². The van der Waals surface area contributed by atoms with Crippen molar-refractivity contribution in [2.75, 3.05) is 7.11 Å². The van der Waals surface area contributed by atoms with E-state index in [-0.39, 0.29) is 18.2 Å². The minimum atomic E-state index is -0.525. The molecule has 1 atom stereocenters. The predicted octanol–water partition coefficient (Wildman–Crippen LogP) is 4.32. The number of carbonyl (C=O) groups excluding carboxylic acids is 2. The van der Waals surface area contributed by atoms with Gasteiger partial charge in [0.05, 0.1) is 19.1 Å². The molecule has 2 aromatic carbocycles. The second-order valence-corrected chi connectivity index (χ2v) is 6.98. The van der Waals surface area contributed by atoms with Gasteiger partial charge >= 0.3 is 5.97 Å². The number of methoxy groups -OCH3 is 1. The van der Waals surface area contributed by atoms with Crippen molar-refractivity contribution in [1.82, 2.24) is 0 Å². The maximum atomic E-state index is 12.5. The average Bonchev–Trinajstić information content (AvgIpc) is 2.55. The summed E-state index contributed by atoms with van der Waals surface area (Å²) in [7, 11) is 1.55. The smallest absolute Gasteiger partial charge is 0.340 e. The molecule has 0 spiro atoms. The molecule has 2 aromatic rings. The third kappa shape index (κ3) is 3.43. The molecule has 0 amide bonds. The first-order chi connectivity index (χ1) is 11.1. The molecular weight excluding hydrogens is 380 g/mol. The van der Waals surface area contributed by atoms with Crippen LogP contribution in [0.4, 0.5) is 0 Å². The van der Waals surface area contributed by atoms with Crippen LogP contribution < -0.4 is 4.74 Å². The summed E-state index contributed by atoms with van der Waals surface area (Å²) >= 11 is 4.76. The highest BCUT2D eigenvalue weighted by Gasteiger charge is 2.29. The van der Waals surface area contributed by atoms with Crippen molar-refractivity contribution in [1.29, 1.82) is 0 Å². The first-order valence-corrected chi connectivity index (χ1v) is 8.59. The fraction of sp³-hybridized carbons (Fsp3) is 0.176. The lowest BCUT2D eigenvalue weighted by molar-refractivity contribution is 0.0428. The molecule has 0 N–H and O–H groups in total. The van der Waals surface area contributed by atoms with Crippen LogP contribution in [0.15, 0.2) is 51.8 Å². The monoisotopic (exact) mass is 392 g/mol. The highest BCUT2D eigenvalue weighted by Crippen LogP contribution is 2.36. The Bertz CT molecular complexity index is 775. The molecule has 0 bridgehead atoms. The van der Waals surface area contributed by atoms with Gasteiger partial charge in [-0.3, -0.25) is 4.79 Å². The van der Waals surface area contributed by atoms with Crippen LogP contribution in [-0.4, -0.2) is 24.3 Å². The molecule has 1 aliphatic rings. The SMILES string of the molecule is COc1ccc(Br)c(C(=O)CC2OC(=O)c3ccccc3S2)c1. The van der Waals surface area contributed by atoms with Gasteiger partial charge < -0.3 is 9.47 Å². The third-order valence-corrected chi connectivity index (χ3v) is 5.26. The second kappa shape index (κ2) is 6.76. The summed E-state index contributed by atoms with van der Waals surface area (Å²) in [5.74, 6) is 0.109. The number of ether oxygens (including phenoxy) is 2. The van der Waals surface area contributed by atoms with E-state index >= 15 is 0 Å². The lowest BCUT2D eigenvalue weighted by Crippen LogP contribution is -2.23. The number of rotatable bonds is 4. The Morgan fingerprint density at radius 3 is 2.87 bits per heavy atom. The second-order valence-electron chi connectivity index (χ2n) is 4.92.